The van der Waals surface area contributed by atoms with Gasteiger partial charge in [0, 0.05) is 6.54 Å². The van der Waals surface area contributed by atoms with Crippen molar-refractivity contribution in [2.75, 3.05) is 13.1 Å². The molecule has 0 radical (unpaired) electrons. The van der Waals surface area contributed by atoms with Crippen LogP contribution >= 0.6 is 0 Å². The highest BCUT2D eigenvalue weighted by Crippen LogP contribution is 2.25. The molecule has 0 bridgehead atoms. The molecular formula is C19H33N. The molecular weight excluding hydrogens is 242 g/mol. The van der Waals surface area contributed by atoms with E-state index in [1.54, 1.807) is 5.56 Å². The van der Waals surface area contributed by atoms with Crippen molar-refractivity contribution >= 4 is 0 Å². The number of benzene rings is 1. The average molecular weight is 275 g/mol. The van der Waals surface area contributed by atoms with Gasteiger partial charge in [0.05, 0.1) is 0 Å². The van der Waals surface area contributed by atoms with Gasteiger partial charge in [-0.1, -0.05) is 45.4 Å². The Bertz CT molecular complexity index is 406. The predicted octanol–water partition coefficient (Wildman–Crippen LogP) is 4.82. The molecule has 0 saturated heterocycles. The SMILES string of the molecule is Cc1cc(C)c(CCC(C)(C)CNCC(C)C)c(C)c1. The van der Waals surface area contributed by atoms with Gasteiger partial charge in [0.2, 0.25) is 0 Å². The molecule has 0 aliphatic rings. The van der Waals surface area contributed by atoms with E-state index in [0.717, 1.165) is 19.0 Å². The Morgan fingerprint density at radius 1 is 1.05 bits per heavy atom. The topological polar surface area (TPSA) is 12.0 Å². The van der Waals surface area contributed by atoms with Crippen molar-refractivity contribution in [3.05, 3.63) is 34.4 Å². The molecule has 0 aliphatic heterocycles. The Hall–Kier alpha value is -0.820. The standard InChI is InChI=1S/C19H33N/c1-14(2)12-20-13-19(6,7)9-8-18-16(4)10-15(3)11-17(18)5/h10-11,14,20H,8-9,12-13H2,1-7H3. The Morgan fingerprint density at radius 3 is 2.10 bits per heavy atom. The number of hydrogen-bond acceptors (Lipinski definition) is 1. The summed E-state index contributed by atoms with van der Waals surface area (Å²) in [7, 11) is 0. The predicted molar refractivity (Wildman–Crippen MR) is 90.5 cm³/mol. The summed E-state index contributed by atoms with van der Waals surface area (Å²) in [5.74, 6) is 0.729. The van der Waals surface area contributed by atoms with Gasteiger partial charge in [0.1, 0.15) is 0 Å². The third kappa shape index (κ3) is 5.66. The van der Waals surface area contributed by atoms with Gasteiger partial charge in [-0.15, -0.1) is 0 Å². The van der Waals surface area contributed by atoms with E-state index in [0.29, 0.717) is 5.41 Å². The molecule has 1 aromatic rings. The summed E-state index contributed by atoms with van der Waals surface area (Å²) in [4.78, 5) is 0. The van der Waals surface area contributed by atoms with Gasteiger partial charge >= 0.3 is 0 Å². The Morgan fingerprint density at radius 2 is 1.60 bits per heavy atom. The lowest BCUT2D eigenvalue weighted by molar-refractivity contribution is 0.308. The molecule has 1 aromatic carbocycles. The van der Waals surface area contributed by atoms with Crippen LogP contribution in [0, 0.1) is 32.1 Å². The highest BCUT2D eigenvalue weighted by atomic mass is 14.9. The van der Waals surface area contributed by atoms with Crippen molar-refractivity contribution in [2.45, 2.75) is 61.3 Å². The zero-order chi connectivity index (χ0) is 15.3. The van der Waals surface area contributed by atoms with Gasteiger partial charge in [0.15, 0.2) is 0 Å². The fraction of sp³-hybridized carbons (Fsp3) is 0.684. The van der Waals surface area contributed by atoms with E-state index >= 15 is 0 Å². The van der Waals surface area contributed by atoms with Crippen LogP contribution in [0.1, 0.15) is 56.4 Å². The third-order valence-corrected chi connectivity index (χ3v) is 4.05. The van der Waals surface area contributed by atoms with Crippen LogP contribution in [-0.4, -0.2) is 13.1 Å². The lowest BCUT2D eigenvalue weighted by Gasteiger charge is -2.26. The lowest BCUT2D eigenvalue weighted by Crippen LogP contribution is -2.32. The summed E-state index contributed by atoms with van der Waals surface area (Å²) in [5.41, 5.74) is 6.19. The number of rotatable bonds is 7. The first-order valence-corrected chi connectivity index (χ1v) is 7.99. The van der Waals surface area contributed by atoms with Gasteiger partial charge in [-0.25, -0.2) is 0 Å². The number of nitrogens with one attached hydrogen (secondary N) is 1. The molecule has 1 rings (SSSR count). The fourth-order valence-electron chi connectivity index (χ4n) is 2.86. The molecule has 0 aromatic heterocycles. The number of hydrogen-bond donors (Lipinski definition) is 1. The minimum absolute atomic E-state index is 0.360. The maximum absolute atomic E-state index is 3.60. The second-order valence-electron chi connectivity index (χ2n) is 7.57. The molecule has 20 heavy (non-hydrogen) atoms. The summed E-state index contributed by atoms with van der Waals surface area (Å²) in [6, 6.07) is 4.62. The Kier molecular flexibility index (Phi) is 6.26. The first-order valence-electron chi connectivity index (χ1n) is 7.99. The molecule has 0 unspecified atom stereocenters. The summed E-state index contributed by atoms with van der Waals surface area (Å²) < 4.78 is 0. The summed E-state index contributed by atoms with van der Waals surface area (Å²) >= 11 is 0. The second kappa shape index (κ2) is 7.26. The van der Waals surface area contributed by atoms with E-state index in [2.05, 4.69) is 65.9 Å². The molecule has 0 fully saturated rings. The van der Waals surface area contributed by atoms with Crippen molar-refractivity contribution in [1.82, 2.24) is 5.32 Å². The van der Waals surface area contributed by atoms with Crippen LogP contribution in [-0.2, 0) is 6.42 Å². The molecule has 0 spiro atoms. The van der Waals surface area contributed by atoms with E-state index in [9.17, 15) is 0 Å². The summed E-state index contributed by atoms with van der Waals surface area (Å²) in [5, 5.41) is 3.60. The molecule has 114 valence electrons. The molecule has 1 heteroatoms. The normalized spacial score (nSPS) is 12.2. The quantitative estimate of drug-likeness (QED) is 0.752. The summed E-state index contributed by atoms with van der Waals surface area (Å²) in [6.45, 7) is 18.2. The van der Waals surface area contributed by atoms with Gasteiger partial charge in [0.25, 0.3) is 0 Å². The van der Waals surface area contributed by atoms with Crippen LogP contribution in [0.4, 0.5) is 0 Å². The molecule has 0 amide bonds. The maximum atomic E-state index is 3.60. The minimum atomic E-state index is 0.360. The lowest BCUT2D eigenvalue weighted by atomic mass is 9.84. The van der Waals surface area contributed by atoms with E-state index in [-0.39, 0.29) is 0 Å². The van der Waals surface area contributed by atoms with Crippen molar-refractivity contribution < 1.29 is 0 Å². The first kappa shape index (κ1) is 17.2. The maximum Gasteiger partial charge on any atom is 0.000274 e. The van der Waals surface area contributed by atoms with Gasteiger partial charge in [-0.2, -0.15) is 0 Å². The fourth-order valence-corrected chi connectivity index (χ4v) is 2.86. The van der Waals surface area contributed by atoms with Crippen LogP contribution in [0.5, 0.6) is 0 Å². The van der Waals surface area contributed by atoms with Crippen LogP contribution in [0.15, 0.2) is 12.1 Å². The van der Waals surface area contributed by atoms with Crippen LogP contribution < -0.4 is 5.32 Å². The van der Waals surface area contributed by atoms with Crippen molar-refractivity contribution in [3.8, 4) is 0 Å². The first-order chi connectivity index (χ1) is 9.21. The van der Waals surface area contributed by atoms with Crippen LogP contribution in [0.25, 0.3) is 0 Å². The van der Waals surface area contributed by atoms with Crippen LogP contribution in [0.2, 0.25) is 0 Å². The smallest absolute Gasteiger partial charge is 0.000274 e. The number of aryl methyl sites for hydroxylation is 3. The minimum Gasteiger partial charge on any atom is -0.316 e. The zero-order valence-corrected chi connectivity index (χ0v) is 14.6. The van der Waals surface area contributed by atoms with E-state index in [1.807, 2.05) is 0 Å². The largest absolute Gasteiger partial charge is 0.316 e. The van der Waals surface area contributed by atoms with E-state index < -0.39 is 0 Å². The van der Waals surface area contributed by atoms with Gasteiger partial charge in [-0.05, 0) is 68.2 Å². The molecule has 0 aliphatic carbocycles. The molecule has 0 saturated carbocycles. The van der Waals surface area contributed by atoms with Crippen LogP contribution in [0.3, 0.4) is 0 Å². The van der Waals surface area contributed by atoms with E-state index in [4.69, 9.17) is 0 Å². The highest BCUT2D eigenvalue weighted by molar-refractivity contribution is 5.37. The second-order valence-corrected chi connectivity index (χ2v) is 7.57. The highest BCUT2D eigenvalue weighted by Gasteiger charge is 2.18. The van der Waals surface area contributed by atoms with Gasteiger partial charge in [-0.3, -0.25) is 0 Å². The monoisotopic (exact) mass is 275 g/mol. The molecule has 1 N–H and O–H groups in total. The Labute approximate surface area is 126 Å². The third-order valence-electron chi connectivity index (χ3n) is 4.05. The van der Waals surface area contributed by atoms with E-state index in [1.165, 1.54) is 29.5 Å². The van der Waals surface area contributed by atoms with Crippen molar-refractivity contribution in [3.63, 3.8) is 0 Å². The molecule has 0 heterocycles. The average Bonchev–Trinajstić information content (AvgIpc) is 2.26. The van der Waals surface area contributed by atoms with Gasteiger partial charge < -0.3 is 5.32 Å². The van der Waals surface area contributed by atoms with Crippen molar-refractivity contribution in [1.29, 1.82) is 0 Å². The Balaban J connectivity index is 2.57. The molecule has 1 nitrogen and oxygen atoms in total. The molecule has 0 atom stereocenters. The van der Waals surface area contributed by atoms with Crippen molar-refractivity contribution in [2.24, 2.45) is 11.3 Å². The summed E-state index contributed by atoms with van der Waals surface area (Å²) in [6.07, 6.45) is 2.43. The zero-order valence-electron chi connectivity index (χ0n) is 14.6.